The fourth-order valence-corrected chi connectivity index (χ4v) is 4.37. The smallest absolute Gasteiger partial charge is 0.264 e. The van der Waals surface area contributed by atoms with Crippen LogP contribution in [0.15, 0.2) is 27.5 Å². The Balaban J connectivity index is 2.13. The minimum atomic E-state index is -3.84. The number of rotatable bonds is 4. The van der Waals surface area contributed by atoms with Gasteiger partial charge in [-0.15, -0.1) is 10.2 Å². The van der Waals surface area contributed by atoms with Crippen LogP contribution >= 0.6 is 0 Å². The van der Waals surface area contributed by atoms with Gasteiger partial charge < -0.3 is 9.40 Å². The van der Waals surface area contributed by atoms with E-state index >= 15 is 0 Å². The van der Waals surface area contributed by atoms with Crippen molar-refractivity contribution in [3.63, 3.8) is 0 Å². The van der Waals surface area contributed by atoms with Gasteiger partial charge in [-0.3, -0.25) is 4.72 Å². The largest absolute Gasteiger partial charge is 0.421 e. The van der Waals surface area contributed by atoms with Crippen LogP contribution in [-0.2, 0) is 10.0 Å². The summed E-state index contributed by atoms with van der Waals surface area (Å²) < 4.78 is 34.3. The van der Waals surface area contributed by atoms with E-state index in [0.717, 1.165) is 11.1 Å². The third-order valence-corrected chi connectivity index (χ3v) is 5.50. The number of hydrogen-bond donors (Lipinski definition) is 2. The number of aryl methyl sites for hydroxylation is 5. The van der Waals surface area contributed by atoms with Crippen LogP contribution in [0.4, 0.5) is 5.69 Å². The number of anilines is 1. The molecule has 3 aromatic rings. The van der Waals surface area contributed by atoms with Crippen molar-refractivity contribution in [3.8, 4) is 11.5 Å². The van der Waals surface area contributed by atoms with Crippen LogP contribution in [0.3, 0.4) is 0 Å². The Labute approximate surface area is 146 Å². The predicted molar refractivity (Wildman–Crippen MR) is 95.0 cm³/mol. The van der Waals surface area contributed by atoms with E-state index in [1.54, 1.807) is 26.8 Å². The minimum Gasteiger partial charge on any atom is -0.421 e. The van der Waals surface area contributed by atoms with Crippen molar-refractivity contribution in [1.82, 2.24) is 15.2 Å². The number of aromatic amines is 1. The molecule has 132 valence electrons. The van der Waals surface area contributed by atoms with Crippen molar-refractivity contribution >= 4 is 15.7 Å². The highest BCUT2D eigenvalue weighted by Crippen LogP contribution is 2.34. The van der Waals surface area contributed by atoms with Crippen molar-refractivity contribution in [3.05, 3.63) is 46.6 Å². The molecule has 0 atom stereocenters. The van der Waals surface area contributed by atoms with E-state index < -0.39 is 10.0 Å². The molecule has 2 heterocycles. The monoisotopic (exact) mass is 360 g/mol. The molecular weight excluding hydrogens is 340 g/mol. The highest BCUT2D eigenvalue weighted by atomic mass is 32.2. The second-order valence-corrected chi connectivity index (χ2v) is 7.75. The summed E-state index contributed by atoms with van der Waals surface area (Å²) in [6, 6.07) is 5.62. The van der Waals surface area contributed by atoms with Gasteiger partial charge in [0.2, 0.25) is 5.89 Å². The zero-order valence-electron chi connectivity index (χ0n) is 14.8. The van der Waals surface area contributed by atoms with Crippen molar-refractivity contribution < 1.29 is 12.8 Å². The molecule has 0 aliphatic carbocycles. The molecule has 0 bridgehead atoms. The summed E-state index contributed by atoms with van der Waals surface area (Å²) in [5.41, 5.74) is 3.93. The summed E-state index contributed by atoms with van der Waals surface area (Å²) in [5.74, 6) is 0.555. The summed E-state index contributed by atoms with van der Waals surface area (Å²) in [6.07, 6.45) is 0. The molecule has 0 spiro atoms. The Morgan fingerprint density at radius 3 is 2.40 bits per heavy atom. The fraction of sp³-hybridized carbons (Fsp3) is 0.294. The second-order valence-electron chi connectivity index (χ2n) is 6.13. The highest BCUT2D eigenvalue weighted by Gasteiger charge is 2.29. The minimum absolute atomic E-state index is 0.120. The first-order valence-corrected chi connectivity index (χ1v) is 9.27. The maximum atomic E-state index is 13.1. The Bertz CT molecular complexity index is 1050. The molecule has 3 rings (SSSR count). The summed E-state index contributed by atoms with van der Waals surface area (Å²) in [4.78, 5) is 3.17. The fourth-order valence-electron chi connectivity index (χ4n) is 2.79. The first-order chi connectivity index (χ1) is 11.7. The average molecular weight is 360 g/mol. The van der Waals surface area contributed by atoms with Crippen molar-refractivity contribution in [1.29, 1.82) is 0 Å². The lowest BCUT2D eigenvalue weighted by molar-refractivity contribution is 0.531. The highest BCUT2D eigenvalue weighted by molar-refractivity contribution is 7.93. The van der Waals surface area contributed by atoms with E-state index in [0.29, 0.717) is 28.5 Å². The van der Waals surface area contributed by atoms with E-state index in [4.69, 9.17) is 4.42 Å². The molecular formula is C17H20N4O3S. The van der Waals surface area contributed by atoms with Gasteiger partial charge in [0.25, 0.3) is 15.9 Å². The Morgan fingerprint density at radius 2 is 1.76 bits per heavy atom. The normalized spacial score (nSPS) is 11.7. The van der Waals surface area contributed by atoms with E-state index in [2.05, 4.69) is 19.9 Å². The molecule has 25 heavy (non-hydrogen) atoms. The zero-order chi connectivity index (χ0) is 18.4. The standard InChI is InChI=1S/C17H20N4O3S/c1-9-6-7-10(2)14(8-9)21-25(22,23)16-12(4)18-11(3)15(16)17-20-19-13(5)24-17/h6-8,18,21H,1-5H3. The molecule has 0 saturated carbocycles. The number of aromatic nitrogens is 3. The van der Waals surface area contributed by atoms with Crippen LogP contribution in [0.1, 0.15) is 28.4 Å². The van der Waals surface area contributed by atoms with Gasteiger partial charge in [0.1, 0.15) is 4.90 Å². The van der Waals surface area contributed by atoms with E-state index in [-0.39, 0.29) is 10.8 Å². The Morgan fingerprint density at radius 1 is 1.04 bits per heavy atom. The molecule has 0 radical (unpaired) electrons. The molecule has 0 saturated heterocycles. The SMILES string of the molecule is Cc1ccc(C)c(NS(=O)(=O)c2c(C)[nH]c(C)c2-c2nnc(C)o2)c1. The lowest BCUT2D eigenvalue weighted by atomic mass is 10.1. The third kappa shape index (κ3) is 3.17. The lowest BCUT2D eigenvalue weighted by Gasteiger charge is -2.12. The van der Waals surface area contributed by atoms with Crippen LogP contribution in [0.5, 0.6) is 0 Å². The van der Waals surface area contributed by atoms with Gasteiger partial charge in [-0.05, 0) is 44.9 Å². The van der Waals surface area contributed by atoms with E-state index in [1.165, 1.54) is 0 Å². The first kappa shape index (κ1) is 17.2. The van der Waals surface area contributed by atoms with E-state index in [9.17, 15) is 8.42 Å². The van der Waals surface area contributed by atoms with E-state index in [1.807, 2.05) is 26.0 Å². The molecule has 0 aliphatic heterocycles. The lowest BCUT2D eigenvalue weighted by Crippen LogP contribution is -2.15. The van der Waals surface area contributed by atoms with Crippen LogP contribution in [-0.4, -0.2) is 23.6 Å². The molecule has 0 unspecified atom stereocenters. The summed E-state index contributed by atoms with van der Waals surface area (Å²) >= 11 is 0. The molecule has 1 aromatic carbocycles. The second kappa shape index (κ2) is 6.03. The van der Waals surface area contributed by atoms with Gasteiger partial charge in [0, 0.05) is 18.3 Å². The van der Waals surface area contributed by atoms with Crippen molar-refractivity contribution in [2.24, 2.45) is 0 Å². The van der Waals surface area contributed by atoms with Gasteiger partial charge >= 0.3 is 0 Å². The molecule has 0 amide bonds. The first-order valence-electron chi connectivity index (χ1n) is 7.79. The number of nitrogens with one attached hydrogen (secondary N) is 2. The number of H-pyrrole nitrogens is 1. The molecule has 8 heteroatoms. The maximum Gasteiger partial charge on any atom is 0.264 e. The van der Waals surface area contributed by atoms with Crippen LogP contribution < -0.4 is 4.72 Å². The third-order valence-electron chi connectivity index (χ3n) is 3.96. The zero-order valence-corrected chi connectivity index (χ0v) is 15.6. The molecule has 2 aromatic heterocycles. The number of hydrogen-bond acceptors (Lipinski definition) is 5. The van der Waals surface area contributed by atoms with Crippen molar-refractivity contribution in [2.45, 2.75) is 39.5 Å². The number of sulfonamides is 1. The molecule has 0 aliphatic rings. The topological polar surface area (TPSA) is 101 Å². The van der Waals surface area contributed by atoms with Crippen LogP contribution in [0.25, 0.3) is 11.5 Å². The summed E-state index contributed by atoms with van der Waals surface area (Å²) in [6.45, 7) is 8.91. The molecule has 0 fully saturated rings. The van der Waals surface area contributed by atoms with Crippen LogP contribution in [0, 0.1) is 34.6 Å². The Kier molecular flexibility index (Phi) is 4.16. The van der Waals surface area contributed by atoms with Gasteiger partial charge in [-0.25, -0.2) is 8.42 Å². The number of benzene rings is 1. The van der Waals surface area contributed by atoms with Gasteiger partial charge in [0.05, 0.1) is 11.3 Å². The maximum absolute atomic E-state index is 13.1. The molecule has 2 N–H and O–H groups in total. The van der Waals surface area contributed by atoms with Crippen molar-refractivity contribution in [2.75, 3.05) is 4.72 Å². The van der Waals surface area contributed by atoms with Gasteiger partial charge in [0.15, 0.2) is 0 Å². The average Bonchev–Trinajstić information content (AvgIpc) is 3.05. The molecule has 7 nitrogen and oxygen atoms in total. The predicted octanol–water partition coefficient (Wildman–Crippen LogP) is 3.41. The van der Waals surface area contributed by atoms with Gasteiger partial charge in [-0.2, -0.15) is 0 Å². The quantitative estimate of drug-likeness (QED) is 0.742. The van der Waals surface area contributed by atoms with Gasteiger partial charge in [-0.1, -0.05) is 12.1 Å². The number of nitrogens with zero attached hydrogens (tertiary/aromatic N) is 2. The Hall–Kier alpha value is -2.61. The van der Waals surface area contributed by atoms with Crippen LogP contribution in [0.2, 0.25) is 0 Å². The summed E-state index contributed by atoms with van der Waals surface area (Å²) in [7, 11) is -3.84. The summed E-state index contributed by atoms with van der Waals surface area (Å²) in [5, 5.41) is 7.77.